The van der Waals surface area contributed by atoms with Crippen LogP contribution in [0.15, 0.2) is 48.5 Å². The third-order valence-electron chi connectivity index (χ3n) is 3.17. The van der Waals surface area contributed by atoms with Gasteiger partial charge < -0.3 is 10.6 Å². The molecule has 0 atom stereocenters. The number of halogens is 1. The fraction of sp³-hybridized carbons (Fsp3) is 0.125. The lowest BCUT2D eigenvalue weighted by Crippen LogP contribution is -2.30. The summed E-state index contributed by atoms with van der Waals surface area (Å²) in [6.07, 6.45) is 0. The number of nitrogens with zero attached hydrogens (tertiary/aromatic N) is 1. The van der Waals surface area contributed by atoms with E-state index >= 15 is 0 Å². The molecule has 11 heteroatoms. The Morgan fingerprint density at radius 1 is 0.963 bits per heavy atom. The third kappa shape index (κ3) is 6.47. The normalized spacial score (nSPS) is 10.9. The topological polar surface area (TPSA) is 135 Å². The number of benzene rings is 2. The summed E-state index contributed by atoms with van der Waals surface area (Å²) >= 11 is 0. The molecule has 9 nitrogen and oxygen atoms in total. The van der Waals surface area contributed by atoms with E-state index in [2.05, 4.69) is 10.6 Å². The maximum Gasteiger partial charge on any atom is 0.271 e. The number of hydrogen-bond acceptors (Lipinski definition) is 6. The molecule has 2 rings (SSSR count). The minimum Gasteiger partial charge on any atom is -0.325 e. The molecule has 0 heterocycles. The van der Waals surface area contributed by atoms with E-state index in [1.807, 2.05) is 0 Å². The minimum atomic E-state index is -4.09. The van der Waals surface area contributed by atoms with E-state index in [1.54, 1.807) is 0 Å². The molecule has 0 spiro atoms. The van der Waals surface area contributed by atoms with Crippen LogP contribution in [0.4, 0.5) is 21.5 Å². The van der Waals surface area contributed by atoms with E-state index in [0.717, 1.165) is 18.2 Å². The minimum absolute atomic E-state index is 0.0557. The number of carbonyl (C=O) groups is 2. The van der Waals surface area contributed by atoms with Gasteiger partial charge in [0, 0.05) is 23.5 Å². The Labute approximate surface area is 153 Å². The molecule has 2 aromatic carbocycles. The molecule has 0 fully saturated rings. The quantitative estimate of drug-likeness (QED) is 0.541. The maximum atomic E-state index is 12.8. The number of nitrogens with one attached hydrogen (secondary N) is 2. The highest BCUT2D eigenvalue weighted by molar-refractivity contribution is 7.92. The molecule has 2 N–H and O–H groups in total. The van der Waals surface area contributed by atoms with Crippen molar-refractivity contribution in [2.24, 2.45) is 0 Å². The highest BCUT2D eigenvalue weighted by Gasteiger charge is 2.21. The average molecular weight is 395 g/mol. The maximum absolute atomic E-state index is 12.8. The van der Waals surface area contributed by atoms with Crippen LogP contribution in [0.2, 0.25) is 0 Å². The van der Waals surface area contributed by atoms with Crippen LogP contribution in [0.3, 0.4) is 0 Å². The highest BCUT2D eigenvalue weighted by Crippen LogP contribution is 2.17. The van der Waals surface area contributed by atoms with Crippen molar-refractivity contribution in [1.29, 1.82) is 0 Å². The summed E-state index contributed by atoms with van der Waals surface area (Å²) in [6, 6.07) is 9.69. The van der Waals surface area contributed by atoms with Crippen molar-refractivity contribution in [3.8, 4) is 0 Å². The average Bonchev–Trinajstić information content (AvgIpc) is 2.55. The number of carbonyl (C=O) groups excluding carboxylic acids is 2. The van der Waals surface area contributed by atoms with Crippen molar-refractivity contribution in [3.63, 3.8) is 0 Å². The van der Waals surface area contributed by atoms with Crippen molar-refractivity contribution in [2.75, 3.05) is 22.1 Å². The summed E-state index contributed by atoms with van der Waals surface area (Å²) in [7, 11) is -4.09. The van der Waals surface area contributed by atoms with Crippen molar-refractivity contribution < 1.29 is 27.3 Å². The first-order valence-electron chi connectivity index (χ1n) is 7.45. The second kappa shape index (κ2) is 8.36. The van der Waals surface area contributed by atoms with Crippen LogP contribution in [0.5, 0.6) is 0 Å². The third-order valence-corrected chi connectivity index (χ3v) is 4.57. The molecule has 0 saturated heterocycles. The lowest BCUT2D eigenvalue weighted by Gasteiger charge is -2.07. The van der Waals surface area contributed by atoms with Crippen molar-refractivity contribution in [1.82, 2.24) is 0 Å². The Balaban J connectivity index is 1.93. The van der Waals surface area contributed by atoms with E-state index in [-0.39, 0.29) is 17.1 Å². The molecule has 142 valence electrons. The zero-order valence-electron chi connectivity index (χ0n) is 13.7. The Kier molecular flexibility index (Phi) is 6.19. The molecule has 0 unspecified atom stereocenters. The largest absolute Gasteiger partial charge is 0.325 e. The zero-order valence-corrected chi connectivity index (χ0v) is 14.5. The van der Waals surface area contributed by atoms with Gasteiger partial charge in [0.1, 0.15) is 17.3 Å². The number of sulfone groups is 1. The van der Waals surface area contributed by atoms with E-state index in [4.69, 9.17) is 0 Å². The summed E-state index contributed by atoms with van der Waals surface area (Å²) in [5, 5.41) is 15.2. The number of hydrogen-bond donors (Lipinski definition) is 2. The van der Waals surface area contributed by atoms with Crippen LogP contribution in [-0.4, -0.2) is 36.7 Å². The number of rotatable bonds is 7. The van der Waals surface area contributed by atoms with E-state index in [1.165, 1.54) is 30.3 Å². The van der Waals surface area contributed by atoms with Gasteiger partial charge in [0.15, 0.2) is 9.84 Å². The number of non-ortho nitro benzene ring substituents is 1. The van der Waals surface area contributed by atoms with Gasteiger partial charge >= 0.3 is 0 Å². The van der Waals surface area contributed by atoms with Crippen molar-refractivity contribution >= 4 is 38.7 Å². The summed E-state index contributed by atoms with van der Waals surface area (Å²) < 4.78 is 36.7. The molecule has 0 aromatic heterocycles. The fourth-order valence-corrected chi connectivity index (χ4v) is 3.12. The van der Waals surface area contributed by atoms with Gasteiger partial charge in [-0.15, -0.1) is 0 Å². The Morgan fingerprint density at radius 2 is 1.52 bits per heavy atom. The van der Waals surface area contributed by atoms with Crippen LogP contribution in [0.25, 0.3) is 0 Å². The molecule has 2 amide bonds. The predicted molar refractivity (Wildman–Crippen MR) is 95.4 cm³/mol. The Morgan fingerprint density at radius 3 is 2.07 bits per heavy atom. The molecule has 0 radical (unpaired) electrons. The first kappa shape index (κ1) is 20.0. The van der Waals surface area contributed by atoms with Gasteiger partial charge in [-0.1, -0.05) is 6.07 Å². The lowest BCUT2D eigenvalue weighted by molar-refractivity contribution is -0.384. The molecule has 0 bridgehead atoms. The van der Waals surface area contributed by atoms with E-state index in [9.17, 15) is 32.5 Å². The fourth-order valence-electron chi connectivity index (χ4n) is 2.08. The lowest BCUT2D eigenvalue weighted by atomic mass is 10.3. The summed E-state index contributed by atoms with van der Waals surface area (Å²) in [4.78, 5) is 33.7. The van der Waals surface area contributed by atoms with Crippen LogP contribution in [0.1, 0.15) is 0 Å². The molecule has 27 heavy (non-hydrogen) atoms. The van der Waals surface area contributed by atoms with Gasteiger partial charge in [0.25, 0.3) is 5.69 Å². The van der Waals surface area contributed by atoms with Crippen LogP contribution in [-0.2, 0) is 19.4 Å². The zero-order chi connectivity index (χ0) is 20.0. The smallest absolute Gasteiger partial charge is 0.271 e. The Bertz CT molecular complexity index is 976. The van der Waals surface area contributed by atoms with Gasteiger partial charge in [-0.05, 0) is 30.3 Å². The number of amides is 2. The number of nitro groups is 1. The summed E-state index contributed by atoms with van der Waals surface area (Å²) in [5.74, 6) is -4.27. The standard InChI is InChI=1S/C16H14FN3O6S/c17-11-4-6-12(7-5-11)18-15(21)9-27(25,26)10-16(22)19-13-2-1-3-14(8-13)20(23)24/h1-8H,9-10H2,(H,18,21)(H,19,22). The first-order chi connectivity index (χ1) is 12.6. The molecule has 0 saturated carbocycles. The molecular weight excluding hydrogens is 381 g/mol. The van der Waals surface area contributed by atoms with Gasteiger partial charge in [-0.2, -0.15) is 0 Å². The summed E-state index contributed by atoms with van der Waals surface area (Å²) in [6.45, 7) is 0. The molecule has 2 aromatic rings. The second-order valence-corrected chi connectivity index (χ2v) is 7.51. The van der Waals surface area contributed by atoms with Crippen molar-refractivity contribution in [3.05, 3.63) is 64.5 Å². The number of anilines is 2. The molecule has 0 aliphatic heterocycles. The second-order valence-electron chi connectivity index (χ2n) is 5.44. The van der Waals surface area contributed by atoms with Crippen LogP contribution < -0.4 is 10.6 Å². The van der Waals surface area contributed by atoms with Gasteiger partial charge in [-0.3, -0.25) is 19.7 Å². The SMILES string of the molecule is O=C(CS(=O)(=O)CC(=O)Nc1cccc([N+](=O)[O-])c1)Nc1ccc(F)cc1. The Hall–Kier alpha value is -3.34. The first-order valence-corrected chi connectivity index (χ1v) is 9.27. The van der Waals surface area contributed by atoms with Crippen LogP contribution in [0, 0.1) is 15.9 Å². The highest BCUT2D eigenvalue weighted by atomic mass is 32.2. The van der Waals surface area contributed by atoms with Gasteiger partial charge in [0.2, 0.25) is 11.8 Å². The number of nitro benzene ring substituents is 1. The molecular formula is C16H14FN3O6S. The molecule has 0 aliphatic rings. The summed E-state index contributed by atoms with van der Waals surface area (Å²) in [5.41, 5.74) is -0.00727. The van der Waals surface area contributed by atoms with E-state index < -0.39 is 43.9 Å². The van der Waals surface area contributed by atoms with Crippen LogP contribution >= 0.6 is 0 Å². The van der Waals surface area contributed by atoms with Crippen molar-refractivity contribution in [2.45, 2.75) is 0 Å². The van der Waals surface area contributed by atoms with E-state index in [0.29, 0.717) is 0 Å². The van der Waals surface area contributed by atoms with Gasteiger partial charge in [0.05, 0.1) is 4.92 Å². The molecule has 0 aliphatic carbocycles. The monoisotopic (exact) mass is 395 g/mol. The predicted octanol–water partition coefficient (Wildman–Crippen LogP) is 1.73. The van der Waals surface area contributed by atoms with Gasteiger partial charge in [-0.25, -0.2) is 12.8 Å².